The van der Waals surface area contributed by atoms with Crippen LogP contribution in [0.2, 0.25) is 0 Å². The molecule has 10 heavy (non-hydrogen) atoms. The van der Waals surface area contributed by atoms with E-state index in [9.17, 15) is 4.79 Å². The Labute approximate surface area is 75.8 Å². The summed E-state index contributed by atoms with van der Waals surface area (Å²) in [6, 6.07) is 0. The molecule has 0 fully saturated rings. The Morgan fingerprint density at radius 1 is 1.40 bits per heavy atom. The summed E-state index contributed by atoms with van der Waals surface area (Å²) in [7, 11) is 0. The fourth-order valence-corrected chi connectivity index (χ4v) is 2.35. The predicted octanol–water partition coefficient (Wildman–Crippen LogP) is 2.67. The van der Waals surface area contributed by atoms with Crippen molar-refractivity contribution in [2.45, 2.75) is 13.8 Å². The van der Waals surface area contributed by atoms with E-state index in [0.717, 1.165) is 11.5 Å². The molecule has 1 amide bonds. The lowest BCUT2D eigenvalue weighted by molar-refractivity contribution is 0.259. The molecule has 2 nitrogen and oxygen atoms in total. The molecule has 0 bridgehead atoms. The van der Waals surface area contributed by atoms with Crippen LogP contribution >= 0.6 is 36.5 Å². The lowest BCUT2D eigenvalue weighted by Gasteiger charge is -2.14. The van der Waals surface area contributed by atoms with Crippen LogP contribution in [0.3, 0.4) is 0 Å². The van der Waals surface area contributed by atoms with E-state index in [1.165, 1.54) is 23.9 Å². The van der Waals surface area contributed by atoms with Gasteiger partial charge in [-0.2, -0.15) is 0 Å². The van der Waals surface area contributed by atoms with E-state index in [1.807, 2.05) is 13.8 Å². The third-order valence-electron chi connectivity index (χ3n) is 0.649. The number of hydrogen-bond donors (Lipinski definition) is 1. The first-order chi connectivity index (χ1) is 4.72. The highest BCUT2D eigenvalue weighted by Gasteiger charge is 2.07. The highest BCUT2D eigenvalue weighted by molar-refractivity contribution is 8.15. The van der Waals surface area contributed by atoms with Gasteiger partial charge in [-0.3, -0.25) is 4.79 Å². The second kappa shape index (κ2) is 6.24. The maximum atomic E-state index is 10.7. The lowest BCUT2D eigenvalue weighted by Crippen LogP contribution is -2.09. The molecule has 0 aliphatic rings. The van der Waals surface area contributed by atoms with Crippen LogP contribution in [0.5, 0.6) is 0 Å². The van der Waals surface area contributed by atoms with Crippen LogP contribution in [0, 0.1) is 0 Å². The summed E-state index contributed by atoms with van der Waals surface area (Å²) >= 11 is 6.67. The van der Waals surface area contributed by atoms with E-state index in [1.54, 1.807) is 3.71 Å². The van der Waals surface area contributed by atoms with Crippen LogP contribution in [-0.2, 0) is 0 Å². The van der Waals surface area contributed by atoms with Gasteiger partial charge in [0.05, 0.1) is 0 Å². The fraction of sp³-hybridized carbons (Fsp3) is 0.800. The van der Waals surface area contributed by atoms with E-state index in [-0.39, 0.29) is 5.24 Å². The second-order valence-corrected chi connectivity index (χ2v) is 4.39. The van der Waals surface area contributed by atoms with Crippen molar-refractivity contribution in [3.8, 4) is 0 Å². The normalized spacial score (nSPS) is 9.50. The van der Waals surface area contributed by atoms with Gasteiger partial charge >= 0.3 is 0 Å². The van der Waals surface area contributed by atoms with Gasteiger partial charge in [-0.1, -0.05) is 26.5 Å². The monoisotopic (exact) mass is 197 g/mol. The minimum absolute atomic E-state index is 0.182. The Hall–Kier alpha value is 0.520. The number of hydrogen-bond acceptors (Lipinski definition) is 3. The van der Waals surface area contributed by atoms with Crippen molar-refractivity contribution in [2.24, 2.45) is 0 Å². The summed E-state index contributed by atoms with van der Waals surface area (Å²) in [5, 5.41) is -0.182. The molecule has 0 radical (unpaired) electrons. The topological polar surface area (TPSA) is 20.3 Å². The van der Waals surface area contributed by atoms with Gasteiger partial charge in [0, 0.05) is 11.5 Å². The molecule has 5 heteroatoms. The van der Waals surface area contributed by atoms with Gasteiger partial charge in [-0.15, -0.1) is 0 Å². The Kier molecular flexibility index (Phi) is 6.57. The minimum atomic E-state index is -0.182. The largest absolute Gasteiger partial charge is 0.298 e. The molecule has 0 spiro atoms. The van der Waals surface area contributed by atoms with Crippen molar-refractivity contribution in [1.82, 2.24) is 3.71 Å². The Bertz CT molecular complexity index is 103. The molecular weight excluding hydrogens is 186 g/mol. The SMILES string of the molecule is CCSN(SCC)C(=O)S. The first-order valence-electron chi connectivity index (χ1n) is 3.01. The van der Waals surface area contributed by atoms with Gasteiger partial charge in [0.25, 0.3) is 5.24 Å². The Morgan fingerprint density at radius 2 is 1.80 bits per heavy atom. The van der Waals surface area contributed by atoms with E-state index in [2.05, 4.69) is 12.6 Å². The number of carbonyl (C=O) groups excluding carboxylic acids is 1. The summed E-state index contributed by atoms with van der Waals surface area (Å²) in [4.78, 5) is 10.7. The zero-order valence-electron chi connectivity index (χ0n) is 6.03. The van der Waals surface area contributed by atoms with Gasteiger partial charge in [0.2, 0.25) is 0 Å². The summed E-state index contributed by atoms with van der Waals surface area (Å²) in [5.41, 5.74) is 0. The molecule has 0 aliphatic carbocycles. The number of rotatable bonds is 4. The van der Waals surface area contributed by atoms with Gasteiger partial charge in [-0.05, 0) is 23.9 Å². The van der Waals surface area contributed by atoms with Gasteiger partial charge in [-0.25, -0.2) is 3.71 Å². The van der Waals surface area contributed by atoms with Crippen LogP contribution in [0.4, 0.5) is 4.79 Å². The summed E-state index contributed by atoms with van der Waals surface area (Å²) in [6.45, 7) is 4.01. The first-order valence-corrected chi connectivity index (χ1v) is 5.34. The van der Waals surface area contributed by atoms with Gasteiger partial charge < -0.3 is 0 Å². The standard InChI is InChI=1S/C5H11NOS3/c1-3-9-6(5(7)8)10-4-2/h3-4H2,1-2H3,(H,7,8). The third kappa shape index (κ3) is 4.35. The number of carbonyl (C=O) groups is 1. The first kappa shape index (κ1) is 10.5. The molecule has 0 aromatic heterocycles. The van der Waals surface area contributed by atoms with Crippen molar-refractivity contribution in [3.63, 3.8) is 0 Å². The predicted molar refractivity (Wildman–Crippen MR) is 52.5 cm³/mol. The van der Waals surface area contributed by atoms with Crippen LogP contribution < -0.4 is 0 Å². The highest BCUT2D eigenvalue weighted by Crippen LogP contribution is 2.22. The number of thiol groups is 1. The zero-order valence-corrected chi connectivity index (χ0v) is 8.56. The fourth-order valence-electron chi connectivity index (χ4n) is 0.382. The quantitative estimate of drug-likeness (QED) is 0.553. The summed E-state index contributed by atoms with van der Waals surface area (Å²) < 4.78 is 1.59. The molecule has 0 heterocycles. The molecular formula is C5H11NOS3. The molecule has 60 valence electrons. The Morgan fingerprint density at radius 3 is 2.00 bits per heavy atom. The van der Waals surface area contributed by atoms with Crippen LogP contribution in [0.1, 0.15) is 13.8 Å². The van der Waals surface area contributed by atoms with Gasteiger partial charge in [0.1, 0.15) is 0 Å². The molecule has 0 aromatic rings. The van der Waals surface area contributed by atoms with Gasteiger partial charge in [0.15, 0.2) is 0 Å². The van der Waals surface area contributed by atoms with Crippen LogP contribution in [-0.4, -0.2) is 20.5 Å². The maximum absolute atomic E-state index is 10.7. The third-order valence-corrected chi connectivity index (χ3v) is 3.07. The van der Waals surface area contributed by atoms with Crippen LogP contribution in [0.15, 0.2) is 0 Å². The van der Waals surface area contributed by atoms with E-state index >= 15 is 0 Å². The molecule has 0 aromatic carbocycles. The van der Waals surface area contributed by atoms with E-state index in [4.69, 9.17) is 0 Å². The van der Waals surface area contributed by atoms with Crippen molar-refractivity contribution in [3.05, 3.63) is 0 Å². The minimum Gasteiger partial charge on any atom is -0.260 e. The van der Waals surface area contributed by atoms with E-state index in [0.29, 0.717) is 0 Å². The summed E-state index contributed by atoms with van der Waals surface area (Å²) in [5.74, 6) is 1.80. The zero-order chi connectivity index (χ0) is 7.98. The smallest absolute Gasteiger partial charge is 0.260 e. The van der Waals surface area contributed by atoms with Crippen molar-refractivity contribution in [1.29, 1.82) is 0 Å². The average Bonchev–Trinajstić information content (AvgIpc) is 1.87. The van der Waals surface area contributed by atoms with Crippen LogP contribution in [0.25, 0.3) is 0 Å². The van der Waals surface area contributed by atoms with Crippen molar-refractivity contribution >= 4 is 41.8 Å². The molecule has 0 atom stereocenters. The molecule has 0 aliphatic heterocycles. The maximum Gasteiger partial charge on any atom is 0.298 e. The highest BCUT2D eigenvalue weighted by atomic mass is 32.2. The number of amides is 1. The molecule has 0 rings (SSSR count). The van der Waals surface area contributed by atoms with Crippen molar-refractivity contribution in [2.75, 3.05) is 11.5 Å². The van der Waals surface area contributed by atoms with E-state index < -0.39 is 0 Å². The molecule has 0 unspecified atom stereocenters. The Balaban J connectivity index is 3.61. The molecule has 0 N–H and O–H groups in total. The number of nitrogens with zero attached hydrogens (tertiary/aromatic N) is 1. The summed E-state index contributed by atoms with van der Waals surface area (Å²) in [6.07, 6.45) is 0. The second-order valence-electron chi connectivity index (χ2n) is 1.38. The lowest BCUT2D eigenvalue weighted by atomic mass is 11.0. The molecule has 0 saturated carbocycles. The average molecular weight is 197 g/mol. The molecule has 0 saturated heterocycles. The van der Waals surface area contributed by atoms with Crippen molar-refractivity contribution < 1.29 is 4.79 Å².